The summed E-state index contributed by atoms with van der Waals surface area (Å²) in [6, 6.07) is 0. The summed E-state index contributed by atoms with van der Waals surface area (Å²) in [4.78, 5) is 0. The van der Waals surface area contributed by atoms with Gasteiger partial charge in [-0.3, -0.25) is 0 Å². The van der Waals surface area contributed by atoms with Crippen molar-refractivity contribution in [3.8, 4) is 0 Å². The molecule has 0 aliphatic carbocycles. The first-order valence-corrected chi connectivity index (χ1v) is 5.61. The highest BCUT2D eigenvalue weighted by molar-refractivity contribution is 8.00. The van der Waals surface area contributed by atoms with Crippen molar-refractivity contribution >= 4 is 11.8 Å². The van der Waals surface area contributed by atoms with Gasteiger partial charge in [-0.15, -0.1) is 0 Å². The summed E-state index contributed by atoms with van der Waals surface area (Å²) in [6.45, 7) is 2.99. The number of alkyl halides is 3. The number of aliphatic hydroxyl groups excluding tert-OH is 1. The molecule has 7 heteroatoms. The fourth-order valence-corrected chi connectivity index (χ4v) is 1.30. The van der Waals surface area contributed by atoms with Crippen LogP contribution in [0.15, 0.2) is 0 Å². The van der Waals surface area contributed by atoms with Gasteiger partial charge in [0, 0.05) is 25.4 Å². The van der Waals surface area contributed by atoms with E-state index in [4.69, 9.17) is 4.74 Å². The molecule has 0 spiro atoms. The first-order valence-electron chi connectivity index (χ1n) is 4.63. The second-order valence-electron chi connectivity index (χ2n) is 2.81. The van der Waals surface area contributed by atoms with Crippen LogP contribution in [0.3, 0.4) is 0 Å². The third-order valence-corrected chi connectivity index (χ3v) is 2.17. The summed E-state index contributed by atoms with van der Waals surface area (Å²) in [5.74, 6) is -0.0507. The van der Waals surface area contributed by atoms with Gasteiger partial charge in [0.1, 0.15) is 0 Å². The van der Waals surface area contributed by atoms with E-state index in [1.54, 1.807) is 6.92 Å². The molecule has 0 rings (SSSR count). The molecule has 0 aliphatic heterocycles. The van der Waals surface area contributed by atoms with Crippen molar-refractivity contribution in [2.45, 2.75) is 18.5 Å². The summed E-state index contributed by atoms with van der Waals surface area (Å²) in [5.41, 5.74) is -4.17. The Morgan fingerprint density at radius 2 is 2.13 bits per heavy atom. The van der Waals surface area contributed by atoms with Crippen LogP contribution in [0.2, 0.25) is 0 Å². The molecule has 0 saturated heterocycles. The number of hydrogen-bond acceptors (Lipinski definition) is 4. The lowest BCUT2D eigenvalue weighted by Gasteiger charge is -2.11. The van der Waals surface area contributed by atoms with Gasteiger partial charge in [0.05, 0.1) is 12.7 Å². The van der Waals surface area contributed by atoms with Crippen LogP contribution < -0.4 is 5.32 Å². The number of thioether (sulfide) groups is 1. The van der Waals surface area contributed by atoms with E-state index < -0.39 is 11.6 Å². The Bertz CT molecular complexity index is 157. The summed E-state index contributed by atoms with van der Waals surface area (Å²) in [5, 5.41) is 11.9. The number of rotatable bonds is 8. The molecule has 0 radical (unpaired) electrons. The first-order chi connectivity index (χ1) is 6.95. The molecule has 0 aromatic heterocycles. The third kappa shape index (κ3) is 11.9. The summed E-state index contributed by atoms with van der Waals surface area (Å²) in [6.07, 6.45) is -0.666. The number of nitrogens with one attached hydrogen (secondary N) is 1. The molecule has 0 aliphatic rings. The van der Waals surface area contributed by atoms with Crippen molar-refractivity contribution in [2.75, 3.05) is 32.1 Å². The highest BCUT2D eigenvalue weighted by Crippen LogP contribution is 2.29. The topological polar surface area (TPSA) is 41.5 Å². The van der Waals surface area contributed by atoms with Crippen LogP contribution in [0, 0.1) is 0 Å². The van der Waals surface area contributed by atoms with Crippen molar-refractivity contribution in [1.29, 1.82) is 0 Å². The quantitative estimate of drug-likeness (QED) is 0.633. The van der Waals surface area contributed by atoms with E-state index in [-0.39, 0.29) is 37.2 Å². The number of hydrogen-bond donors (Lipinski definition) is 2. The van der Waals surface area contributed by atoms with Crippen molar-refractivity contribution in [1.82, 2.24) is 5.32 Å². The van der Waals surface area contributed by atoms with E-state index in [0.29, 0.717) is 6.61 Å². The minimum absolute atomic E-state index is 0.0507. The standard InChI is InChI=1S/C8H16F3NO2S/c1-2-14-6-7(13)5-12-3-4-15-8(9,10)11/h7,12-13H,2-6H2,1H3. The molecule has 0 fully saturated rings. The van der Waals surface area contributed by atoms with Crippen molar-refractivity contribution in [2.24, 2.45) is 0 Å². The Morgan fingerprint density at radius 1 is 1.47 bits per heavy atom. The number of halogens is 3. The zero-order chi connectivity index (χ0) is 11.7. The van der Waals surface area contributed by atoms with Gasteiger partial charge in [0.2, 0.25) is 0 Å². The fourth-order valence-electron chi connectivity index (χ4n) is 0.820. The Hall–Kier alpha value is 0.0200. The Labute approximate surface area is 91.4 Å². The van der Waals surface area contributed by atoms with Crippen LogP contribution in [0.1, 0.15) is 6.92 Å². The molecule has 0 heterocycles. The molecular formula is C8H16F3NO2S. The van der Waals surface area contributed by atoms with Crippen molar-refractivity contribution in [3.63, 3.8) is 0 Å². The fraction of sp³-hybridized carbons (Fsp3) is 1.00. The Balaban J connectivity index is 3.23. The van der Waals surface area contributed by atoms with E-state index in [9.17, 15) is 18.3 Å². The van der Waals surface area contributed by atoms with Crippen molar-refractivity contribution < 1.29 is 23.0 Å². The SMILES string of the molecule is CCOCC(O)CNCCSC(F)(F)F. The summed E-state index contributed by atoms with van der Waals surface area (Å²) in [7, 11) is 0. The van der Waals surface area contributed by atoms with E-state index >= 15 is 0 Å². The maximum atomic E-state index is 11.7. The van der Waals surface area contributed by atoms with E-state index in [1.807, 2.05) is 0 Å². The van der Waals surface area contributed by atoms with Gasteiger partial charge in [0.15, 0.2) is 0 Å². The van der Waals surface area contributed by atoms with Crippen LogP contribution in [-0.4, -0.2) is 48.8 Å². The van der Waals surface area contributed by atoms with E-state index in [2.05, 4.69) is 5.32 Å². The largest absolute Gasteiger partial charge is 0.441 e. The predicted octanol–water partition coefficient (Wildman–Crippen LogP) is 1.23. The molecular weight excluding hydrogens is 231 g/mol. The zero-order valence-electron chi connectivity index (χ0n) is 8.51. The van der Waals surface area contributed by atoms with Gasteiger partial charge in [-0.2, -0.15) is 13.2 Å². The Kier molecular flexibility index (Phi) is 8.22. The summed E-state index contributed by atoms with van der Waals surface area (Å²) < 4.78 is 40.0. The van der Waals surface area contributed by atoms with E-state index in [0.717, 1.165) is 0 Å². The average molecular weight is 247 g/mol. The van der Waals surface area contributed by atoms with Gasteiger partial charge in [-0.1, -0.05) is 0 Å². The maximum Gasteiger partial charge on any atom is 0.441 e. The lowest BCUT2D eigenvalue weighted by atomic mass is 10.4. The van der Waals surface area contributed by atoms with Crippen LogP contribution >= 0.6 is 11.8 Å². The van der Waals surface area contributed by atoms with Crippen LogP contribution in [0.5, 0.6) is 0 Å². The van der Waals surface area contributed by atoms with Crippen LogP contribution in [0.25, 0.3) is 0 Å². The maximum absolute atomic E-state index is 11.7. The van der Waals surface area contributed by atoms with Gasteiger partial charge in [-0.25, -0.2) is 0 Å². The van der Waals surface area contributed by atoms with Gasteiger partial charge in [0.25, 0.3) is 0 Å². The molecule has 1 atom stereocenters. The van der Waals surface area contributed by atoms with E-state index in [1.165, 1.54) is 0 Å². The smallest absolute Gasteiger partial charge is 0.389 e. The lowest BCUT2D eigenvalue weighted by Crippen LogP contribution is -2.32. The van der Waals surface area contributed by atoms with Crippen LogP contribution in [0.4, 0.5) is 13.2 Å². The second kappa shape index (κ2) is 8.20. The summed E-state index contributed by atoms with van der Waals surface area (Å²) >= 11 is -0.0723. The molecule has 0 bridgehead atoms. The zero-order valence-corrected chi connectivity index (χ0v) is 9.33. The van der Waals surface area contributed by atoms with Gasteiger partial charge >= 0.3 is 5.51 Å². The lowest BCUT2D eigenvalue weighted by molar-refractivity contribution is -0.0327. The molecule has 0 aromatic rings. The third-order valence-electron chi connectivity index (χ3n) is 1.44. The van der Waals surface area contributed by atoms with Gasteiger partial charge in [-0.05, 0) is 18.7 Å². The molecule has 0 aromatic carbocycles. The number of aliphatic hydroxyl groups is 1. The number of ether oxygens (including phenoxy) is 1. The molecule has 1 unspecified atom stereocenters. The molecule has 15 heavy (non-hydrogen) atoms. The average Bonchev–Trinajstić information content (AvgIpc) is 2.12. The highest BCUT2D eigenvalue weighted by atomic mass is 32.2. The van der Waals surface area contributed by atoms with Crippen LogP contribution in [-0.2, 0) is 4.74 Å². The molecule has 0 amide bonds. The normalized spacial score (nSPS) is 14.2. The molecule has 92 valence electrons. The molecule has 2 N–H and O–H groups in total. The Morgan fingerprint density at radius 3 is 2.67 bits per heavy atom. The van der Waals surface area contributed by atoms with Gasteiger partial charge < -0.3 is 15.2 Å². The monoisotopic (exact) mass is 247 g/mol. The molecule has 3 nitrogen and oxygen atoms in total. The molecule has 0 saturated carbocycles. The predicted molar refractivity (Wildman–Crippen MR) is 53.9 cm³/mol. The second-order valence-corrected chi connectivity index (χ2v) is 3.97. The highest BCUT2D eigenvalue weighted by Gasteiger charge is 2.27. The minimum Gasteiger partial charge on any atom is -0.389 e. The minimum atomic E-state index is -4.17. The van der Waals surface area contributed by atoms with Crippen molar-refractivity contribution in [3.05, 3.63) is 0 Å². The first kappa shape index (κ1) is 15.0.